The number of hydrogen-bond donors (Lipinski definition) is 0. The Bertz CT molecular complexity index is 761. The van der Waals surface area contributed by atoms with Crippen LogP contribution in [0.1, 0.15) is 15.9 Å². The molecule has 2 aromatic rings. The Labute approximate surface area is 159 Å². The molecule has 2 rings (SSSR count). The van der Waals surface area contributed by atoms with Gasteiger partial charge in [0.15, 0.2) is 12.4 Å². The quantitative estimate of drug-likeness (QED) is 0.507. The van der Waals surface area contributed by atoms with Crippen LogP contribution < -0.4 is 0 Å². The molecule has 0 fully saturated rings. The summed E-state index contributed by atoms with van der Waals surface area (Å²) >= 11 is 3.28. The van der Waals surface area contributed by atoms with Crippen LogP contribution in [0.15, 0.2) is 59.1 Å². The van der Waals surface area contributed by atoms with Crippen LogP contribution in [0.25, 0.3) is 0 Å². The molecule has 26 heavy (non-hydrogen) atoms. The summed E-state index contributed by atoms with van der Waals surface area (Å²) in [5, 5.41) is 0. The van der Waals surface area contributed by atoms with E-state index in [0.29, 0.717) is 5.56 Å². The number of Topliss-reactive ketones (excluding diaryl/α,β-unsaturated/α-hetero) is 1. The van der Waals surface area contributed by atoms with Gasteiger partial charge in [-0.15, -0.1) is 0 Å². The molecule has 6 nitrogen and oxygen atoms in total. The third-order valence-corrected chi connectivity index (χ3v) is 3.94. The first-order valence-corrected chi connectivity index (χ1v) is 8.61. The first-order valence-electron chi connectivity index (χ1n) is 7.82. The maximum Gasteiger partial charge on any atom is 0.410 e. The van der Waals surface area contributed by atoms with E-state index < -0.39 is 12.1 Å². The molecule has 0 aliphatic carbocycles. The zero-order valence-electron chi connectivity index (χ0n) is 14.2. The number of carbonyl (C=O) groups is 3. The van der Waals surface area contributed by atoms with Crippen molar-refractivity contribution in [3.63, 3.8) is 0 Å². The second-order valence-electron chi connectivity index (χ2n) is 5.49. The monoisotopic (exact) mass is 419 g/mol. The second kappa shape index (κ2) is 9.72. The van der Waals surface area contributed by atoms with E-state index in [2.05, 4.69) is 15.9 Å². The van der Waals surface area contributed by atoms with Gasteiger partial charge in [0.2, 0.25) is 0 Å². The van der Waals surface area contributed by atoms with Crippen LogP contribution in [0.3, 0.4) is 0 Å². The van der Waals surface area contributed by atoms with Gasteiger partial charge in [0, 0.05) is 17.1 Å². The second-order valence-corrected chi connectivity index (χ2v) is 6.40. The van der Waals surface area contributed by atoms with Crippen LogP contribution in [0.5, 0.6) is 0 Å². The Hall–Kier alpha value is -2.67. The van der Waals surface area contributed by atoms with E-state index in [1.54, 1.807) is 24.3 Å². The Balaban J connectivity index is 1.73. The van der Waals surface area contributed by atoms with Gasteiger partial charge < -0.3 is 14.4 Å². The van der Waals surface area contributed by atoms with Gasteiger partial charge in [0.25, 0.3) is 0 Å². The van der Waals surface area contributed by atoms with Crippen LogP contribution in [-0.2, 0) is 20.9 Å². The molecule has 0 bridgehead atoms. The van der Waals surface area contributed by atoms with Gasteiger partial charge in [-0.3, -0.25) is 9.59 Å². The molecular weight excluding hydrogens is 402 g/mol. The molecule has 0 aromatic heterocycles. The molecule has 0 aliphatic heterocycles. The number of rotatable bonds is 7. The predicted molar refractivity (Wildman–Crippen MR) is 98.7 cm³/mol. The summed E-state index contributed by atoms with van der Waals surface area (Å²) in [5.74, 6) is -1.00. The topological polar surface area (TPSA) is 72.9 Å². The number of ether oxygens (including phenoxy) is 2. The molecule has 0 aliphatic rings. The lowest BCUT2D eigenvalue weighted by atomic mass is 10.1. The zero-order chi connectivity index (χ0) is 18.9. The SMILES string of the molecule is CN(CC(=O)OCC(=O)c1ccc(Br)cc1)C(=O)OCc1ccccc1. The van der Waals surface area contributed by atoms with Crippen LogP contribution >= 0.6 is 15.9 Å². The number of hydrogen-bond acceptors (Lipinski definition) is 5. The zero-order valence-corrected chi connectivity index (χ0v) is 15.8. The van der Waals surface area contributed by atoms with Crippen molar-refractivity contribution in [1.29, 1.82) is 0 Å². The normalized spacial score (nSPS) is 10.1. The molecule has 0 spiro atoms. The third kappa shape index (κ3) is 6.33. The van der Waals surface area contributed by atoms with E-state index in [9.17, 15) is 14.4 Å². The Kier molecular flexibility index (Phi) is 7.35. The first-order chi connectivity index (χ1) is 12.5. The van der Waals surface area contributed by atoms with Crippen molar-refractivity contribution in [3.8, 4) is 0 Å². The lowest BCUT2D eigenvalue weighted by Crippen LogP contribution is -2.34. The molecule has 0 atom stereocenters. The summed E-state index contributed by atoms with van der Waals surface area (Å²) in [6.45, 7) is -0.574. The number of esters is 1. The summed E-state index contributed by atoms with van der Waals surface area (Å²) in [6.07, 6.45) is -0.648. The number of amides is 1. The predicted octanol–water partition coefficient (Wildman–Crippen LogP) is 3.44. The summed E-state index contributed by atoms with van der Waals surface area (Å²) in [6, 6.07) is 15.9. The van der Waals surface area contributed by atoms with E-state index in [1.807, 2.05) is 30.3 Å². The molecule has 0 unspecified atom stereocenters. The van der Waals surface area contributed by atoms with Crippen molar-refractivity contribution in [3.05, 3.63) is 70.2 Å². The van der Waals surface area contributed by atoms with Crippen LogP contribution in [0.4, 0.5) is 4.79 Å². The smallest absolute Gasteiger partial charge is 0.410 e. The molecule has 0 heterocycles. The van der Waals surface area contributed by atoms with Crippen molar-refractivity contribution in [1.82, 2.24) is 4.90 Å². The van der Waals surface area contributed by atoms with Crippen molar-refractivity contribution in [2.24, 2.45) is 0 Å². The van der Waals surface area contributed by atoms with Gasteiger partial charge in [0.05, 0.1) is 0 Å². The summed E-state index contributed by atoms with van der Waals surface area (Å²) < 4.78 is 10.9. The van der Waals surface area contributed by atoms with E-state index in [1.165, 1.54) is 7.05 Å². The fourth-order valence-electron chi connectivity index (χ4n) is 2.00. The highest BCUT2D eigenvalue weighted by atomic mass is 79.9. The van der Waals surface area contributed by atoms with Crippen LogP contribution in [-0.4, -0.2) is 42.9 Å². The molecule has 2 aromatic carbocycles. The highest BCUT2D eigenvalue weighted by Crippen LogP contribution is 2.11. The highest BCUT2D eigenvalue weighted by Gasteiger charge is 2.16. The third-order valence-electron chi connectivity index (χ3n) is 3.41. The van der Waals surface area contributed by atoms with Gasteiger partial charge in [0.1, 0.15) is 13.2 Å². The van der Waals surface area contributed by atoms with E-state index >= 15 is 0 Å². The van der Waals surface area contributed by atoms with E-state index in [4.69, 9.17) is 9.47 Å². The molecule has 136 valence electrons. The molecule has 0 N–H and O–H groups in total. The number of likely N-dealkylation sites (N-methyl/N-ethyl adjacent to an activating group) is 1. The minimum Gasteiger partial charge on any atom is -0.456 e. The van der Waals surface area contributed by atoms with Crippen LogP contribution in [0, 0.1) is 0 Å². The molecule has 0 saturated heterocycles. The average Bonchev–Trinajstić information content (AvgIpc) is 2.65. The first kappa shape index (κ1) is 19.7. The minimum atomic E-state index is -0.686. The summed E-state index contributed by atoms with van der Waals surface area (Å²) in [5.41, 5.74) is 1.29. The van der Waals surface area contributed by atoms with Gasteiger partial charge in [-0.1, -0.05) is 58.4 Å². The number of nitrogens with zero attached hydrogens (tertiary/aromatic N) is 1. The van der Waals surface area contributed by atoms with Crippen molar-refractivity contribution in [2.75, 3.05) is 20.2 Å². The lowest BCUT2D eigenvalue weighted by Gasteiger charge is -2.16. The molecule has 0 radical (unpaired) electrons. The fraction of sp³-hybridized carbons (Fsp3) is 0.211. The minimum absolute atomic E-state index is 0.112. The average molecular weight is 420 g/mol. The summed E-state index contributed by atoms with van der Waals surface area (Å²) in [7, 11) is 1.42. The highest BCUT2D eigenvalue weighted by molar-refractivity contribution is 9.10. The lowest BCUT2D eigenvalue weighted by molar-refractivity contribution is -0.143. The number of ketones is 1. The van der Waals surface area contributed by atoms with Gasteiger partial charge in [-0.2, -0.15) is 0 Å². The fourth-order valence-corrected chi connectivity index (χ4v) is 2.26. The summed E-state index contributed by atoms with van der Waals surface area (Å²) in [4.78, 5) is 36.7. The van der Waals surface area contributed by atoms with Crippen LogP contribution in [0.2, 0.25) is 0 Å². The van der Waals surface area contributed by atoms with Crippen molar-refractivity contribution >= 4 is 33.8 Å². The van der Waals surface area contributed by atoms with Crippen molar-refractivity contribution in [2.45, 2.75) is 6.61 Å². The molecular formula is C19H18BrNO5. The van der Waals surface area contributed by atoms with Gasteiger partial charge in [-0.05, 0) is 17.7 Å². The Morgan fingerprint density at radius 1 is 0.962 bits per heavy atom. The number of halogens is 1. The van der Waals surface area contributed by atoms with E-state index in [0.717, 1.165) is 14.9 Å². The standard InChI is InChI=1S/C19H18BrNO5/c1-21(19(24)26-12-14-5-3-2-4-6-14)11-18(23)25-13-17(22)15-7-9-16(20)10-8-15/h2-10H,11-13H2,1H3. The Morgan fingerprint density at radius 3 is 2.27 bits per heavy atom. The molecule has 0 saturated carbocycles. The van der Waals surface area contributed by atoms with Gasteiger partial charge in [-0.25, -0.2) is 4.79 Å². The Morgan fingerprint density at radius 2 is 1.62 bits per heavy atom. The molecule has 1 amide bonds. The number of carbonyl (C=O) groups excluding carboxylic acids is 3. The largest absolute Gasteiger partial charge is 0.456 e. The molecule has 7 heteroatoms. The maximum atomic E-state index is 11.9. The van der Waals surface area contributed by atoms with E-state index in [-0.39, 0.29) is 25.5 Å². The van der Waals surface area contributed by atoms with Gasteiger partial charge >= 0.3 is 12.1 Å². The number of benzene rings is 2. The van der Waals surface area contributed by atoms with Crippen molar-refractivity contribution < 1.29 is 23.9 Å². The maximum absolute atomic E-state index is 11.9.